The van der Waals surface area contributed by atoms with Gasteiger partial charge in [-0.2, -0.15) is 0 Å². The van der Waals surface area contributed by atoms with Gasteiger partial charge in [0.05, 0.1) is 39.9 Å². The number of hydrogen-bond acceptors (Lipinski definition) is 6. The molecule has 0 aromatic heterocycles. The number of likely N-dealkylation sites (N-methyl/N-ethyl adjacent to an activating group) is 1. The van der Waals surface area contributed by atoms with Gasteiger partial charge in [-0.25, -0.2) is 0 Å². The van der Waals surface area contributed by atoms with Crippen molar-refractivity contribution >= 4 is 13.7 Å². The van der Waals surface area contributed by atoms with Crippen molar-refractivity contribution in [3.05, 3.63) is 24.3 Å². The monoisotopic (exact) mass is 1210 g/mol. The zero-order valence-corrected chi connectivity index (χ0v) is 58.3. The molecule has 0 aliphatic carbocycles. The summed E-state index contributed by atoms with van der Waals surface area (Å²) in [7, 11) is 1.33. The van der Waals surface area contributed by atoms with Crippen LogP contribution >= 0.6 is 7.82 Å². The predicted octanol–water partition coefficient (Wildman–Crippen LogP) is 23.6. The van der Waals surface area contributed by atoms with Gasteiger partial charge in [0, 0.05) is 6.42 Å². The molecule has 8 nitrogen and oxygen atoms in total. The highest BCUT2D eigenvalue weighted by Gasteiger charge is 2.24. The summed E-state index contributed by atoms with van der Waals surface area (Å²) in [6.07, 6.45) is 87.1. The highest BCUT2D eigenvalue weighted by atomic mass is 31.2. The van der Waals surface area contributed by atoms with Crippen LogP contribution in [0.5, 0.6) is 0 Å². The van der Waals surface area contributed by atoms with Crippen molar-refractivity contribution < 1.29 is 32.9 Å². The molecule has 0 spiro atoms. The van der Waals surface area contributed by atoms with Crippen LogP contribution in [0.4, 0.5) is 0 Å². The summed E-state index contributed by atoms with van der Waals surface area (Å²) in [5, 5.41) is 14.1. The molecule has 0 aliphatic heterocycles. The van der Waals surface area contributed by atoms with E-state index in [1.807, 2.05) is 21.1 Å². The second kappa shape index (κ2) is 66.4. The normalized spacial score (nSPS) is 13.7. The number of hydrogen-bond donors (Lipinski definition) is 2. The molecule has 0 fully saturated rings. The molecule has 0 saturated carbocycles. The third-order valence-electron chi connectivity index (χ3n) is 17.7. The van der Waals surface area contributed by atoms with E-state index in [0.717, 1.165) is 44.9 Å². The lowest BCUT2D eigenvalue weighted by Gasteiger charge is -2.30. The minimum Gasteiger partial charge on any atom is -0.756 e. The van der Waals surface area contributed by atoms with Crippen molar-refractivity contribution in [1.29, 1.82) is 0 Å². The summed E-state index contributed by atoms with van der Waals surface area (Å²) < 4.78 is 23.6. The molecule has 0 aliphatic rings. The summed E-state index contributed by atoms with van der Waals surface area (Å²) in [5.74, 6) is -0.154. The van der Waals surface area contributed by atoms with E-state index < -0.39 is 20.0 Å². The van der Waals surface area contributed by atoms with Gasteiger partial charge < -0.3 is 28.8 Å². The Morgan fingerprint density at radius 2 is 0.690 bits per heavy atom. The van der Waals surface area contributed by atoms with Gasteiger partial charge in [0.1, 0.15) is 13.2 Å². The highest BCUT2D eigenvalue weighted by Crippen LogP contribution is 2.38. The second-order valence-corrected chi connectivity index (χ2v) is 28.8. The first-order chi connectivity index (χ1) is 41.0. The molecule has 0 radical (unpaired) electrons. The van der Waals surface area contributed by atoms with Crippen LogP contribution in [0, 0.1) is 0 Å². The molecule has 0 aromatic carbocycles. The summed E-state index contributed by atoms with van der Waals surface area (Å²) in [4.78, 5) is 25.7. The Bertz CT molecular complexity index is 1420. The number of rotatable bonds is 71. The lowest BCUT2D eigenvalue weighted by atomic mass is 10.0. The minimum absolute atomic E-state index is 0.0158. The summed E-state index contributed by atoms with van der Waals surface area (Å²) in [6.45, 7) is 4.78. The van der Waals surface area contributed by atoms with Gasteiger partial charge in [0.15, 0.2) is 0 Å². The minimum atomic E-state index is -4.58. The van der Waals surface area contributed by atoms with Crippen LogP contribution in [-0.2, 0) is 18.4 Å². The van der Waals surface area contributed by atoms with Crippen molar-refractivity contribution in [1.82, 2.24) is 5.32 Å². The van der Waals surface area contributed by atoms with Crippen molar-refractivity contribution in [2.75, 3.05) is 40.9 Å². The zero-order valence-electron chi connectivity index (χ0n) is 57.4. The van der Waals surface area contributed by atoms with Crippen molar-refractivity contribution in [3.8, 4) is 0 Å². The number of aliphatic hydroxyl groups excluding tert-OH is 1. The third-order valence-corrected chi connectivity index (χ3v) is 18.7. The topological polar surface area (TPSA) is 108 Å². The molecule has 0 rings (SSSR count). The Balaban J connectivity index is 3.89. The largest absolute Gasteiger partial charge is 0.756 e. The molecule has 0 bridgehead atoms. The fraction of sp³-hybridized carbons (Fsp3) is 0.933. The number of phosphoric acid groups is 1. The Hall–Kier alpha value is -1.02. The first-order valence-electron chi connectivity index (χ1n) is 37.7. The predicted molar refractivity (Wildman–Crippen MR) is 367 cm³/mol. The Kier molecular flexibility index (Phi) is 65.6. The maximum atomic E-state index is 13.1. The number of nitrogens with zero attached hydrogens (tertiary/aromatic N) is 1. The molecular formula is C75H149N2O6P. The molecule has 84 heavy (non-hydrogen) atoms. The van der Waals surface area contributed by atoms with Gasteiger partial charge >= 0.3 is 0 Å². The molecular weight excluding hydrogens is 1060 g/mol. The molecule has 500 valence electrons. The Labute approximate surface area is 525 Å². The maximum Gasteiger partial charge on any atom is 0.268 e. The van der Waals surface area contributed by atoms with E-state index in [2.05, 4.69) is 43.5 Å². The van der Waals surface area contributed by atoms with E-state index >= 15 is 0 Å². The van der Waals surface area contributed by atoms with Gasteiger partial charge in [-0.05, 0) is 44.9 Å². The summed E-state index contributed by atoms with van der Waals surface area (Å²) in [5.41, 5.74) is 0. The third kappa shape index (κ3) is 68.5. The number of aliphatic hydroxyl groups is 1. The first-order valence-corrected chi connectivity index (χ1v) is 39.1. The molecule has 0 aromatic rings. The number of nitrogens with one attached hydrogen (secondary N) is 1. The number of allylic oxidation sites excluding steroid dienone is 4. The fourth-order valence-corrected chi connectivity index (χ4v) is 12.6. The fourth-order valence-electron chi connectivity index (χ4n) is 11.8. The number of carbonyl (C=O) groups is 1. The van der Waals surface area contributed by atoms with Gasteiger partial charge in [-0.1, -0.05) is 372 Å². The van der Waals surface area contributed by atoms with E-state index in [0.29, 0.717) is 23.9 Å². The van der Waals surface area contributed by atoms with Crippen LogP contribution in [0.25, 0.3) is 0 Å². The van der Waals surface area contributed by atoms with Crippen molar-refractivity contribution in [3.63, 3.8) is 0 Å². The number of phosphoric ester groups is 1. The highest BCUT2D eigenvalue weighted by molar-refractivity contribution is 7.45. The molecule has 0 saturated heterocycles. The number of unbranched alkanes of at least 4 members (excludes halogenated alkanes) is 54. The van der Waals surface area contributed by atoms with Gasteiger partial charge in [-0.3, -0.25) is 9.36 Å². The quantitative estimate of drug-likeness (QED) is 0.0272. The van der Waals surface area contributed by atoms with Crippen LogP contribution in [0.3, 0.4) is 0 Å². The first kappa shape index (κ1) is 83.0. The van der Waals surface area contributed by atoms with Crippen molar-refractivity contribution in [2.45, 2.75) is 411 Å². The molecule has 3 atom stereocenters. The number of amides is 1. The van der Waals surface area contributed by atoms with Gasteiger partial charge in [0.25, 0.3) is 7.82 Å². The molecule has 1 amide bonds. The Morgan fingerprint density at radius 3 is 0.988 bits per heavy atom. The second-order valence-electron chi connectivity index (χ2n) is 27.4. The van der Waals surface area contributed by atoms with Crippen LogP contribution in [0.1, 0.15) is 399 Å². The van der Waals surface area contributed by atoms with Crippen LogP contribution in [0.15, 0.2) is 24.3 Å². The molecule has 2 N–H and O–H groups in total. The average Bonchev–Trinajstić information content (AvgIpc) is 3.56. The van der Waals surface area contributed by atoms with Crippen LogP contribution in [-0.4, -0.2) is 68.5 Å². The van der Waals surface area contributed by atoms with E-state index in [4.69, 9.17) is 9.05 Å². The lowest BCUT2D eigenvalue weighted by molar-refractivity contribution is -0.870. The molecule has 0 heterocycles. The van der Waals surface area contributed by atoms with E-state index in [-0.39, 0.29) is 19.1 Å². The molecule has 9 heteroatoms. The summed E-state index contributed by atoms with van der Waals surface area (Å²) >= 11 is 0. The van der Waals surface area contributed by atoms with E-state index in [1.54, 1.807) is 0 Å². The van der Waals surface area contributed by atoms with Crippen LogP contribution in [0.2, 0.25) is 0 Å². The van der Waals surface area contributed by atoms with E-state index in [9.17, 15) is 19.4 Å². The van der Waals surface area contributed by atoms with Gasteiger partial charge in [-0.15, -0.1) is 0 Å². The van der Waals surface area contributed by atoms with E-state index in [1.165, 1.54) is 327 Å². The number of carbonyl (C=O) groups excluding carboxylic acids is 1. The van der Waals surface area contributed by atoms with Crippen molar-refractivity contribution in [2.24, 2.45) is 0 Å². The zero-order chi connectivity index (χ0) is 61.2. The lowest BCUT2D eigenvalue weighted by Crippen LogP contribution is -2.46. The maximum absolute atomic E-state index is 13.1. The average molecular weight is 1210 g/mol. The standard InChI is InChI=1S/C75H149N2O6P/c1-6-8-10-12-14-16-18-20-22-24-26-28-30-31-32-33-34-35-36-37-38-39-40-41-42-43-44-45-47-49-51-53-55-57-59-61-63-65-67-69-75(79)76-73(72-83-84(80,81)82-71-70-77(3,4)5)74(78)68-66-64-62-60-58-56-54-52-50-48-46-29-27-25-23-21-19-17-15-13-11-9-7-2/h18,20,24,26,73-74,78H,6-17,19,21-23,25,27-72H2,1-5H3,(H-,76,79,80,81)/b20-18-,26-24-. The Morgan fingerprint density at radius 1 is 0.417 bits per heavy atom. The smallest absolute Gasteiger partial charge is 0.268 e. The number of quaternary nitrogens is 1. The van der Waals surface area contributed by atoms with Gasteiger partial charge in [0.2, 0.25) is 5.91 Å². The molecule has 3 unspecified atom stereocenters. The van der Waals surface area contributed by atoms with Crippen LogP contribution < -0.4 is 10.2 Å². The SMILES string of the molecule is CCCCCCC/C=C\C/C=C\CCCCCCCCCCCCCCCCCCCCCCCCCCCCCC(=O)NC(COP(=O)([O-])OCC[N+](C)(C)C)C(O)CCCCCCCCCCCCCCCCCCCCCCCCC. The summed E-state index contributed by atoms with van der Waals surface area (Å²) in [6, 6.07) is -0.799.